The van der Waals surface area contributed by atoms with Crippen LogP contribution in [0.3, 0.4) is 0 Å². The molecule has 1 aliphatic rings. The monoisotopic (exact) mass is 241 g/mol. The maximum Gasteiger partial charge on any atom is 0.309 e. The Morgan fingerprint density at radius 2 is 1.82 bits per heavy atom. The fourth-order valence-corrected chi connectivity index (χ4v) is 1.98. The van der Waals surface area contributed by atoms with E-state index in [1.807, 2.05) is 0 Å². The average Bonchev–Trinajstić information content (AvgIpc) is 2.28. The molecule has 1 rings (SSSR count). The molecular weight excluding hydrogens is 226 g/mol. The van der Waals surface area contributed by atoms with Gasteiger partial charge in [0.1, 0.15) is 0 Å². The van der Waals surface area contributed by atoms with Crippen LogP contribution in [0.25, 0.3) is 0 Å². The average molecular weight is 241 g/mol. The number of carboxylic acids is 2. The second kappa shape index (κ2) is 5.47. The van der Waals surface area contributed by atoms with Gasteiger partial charge >= 0.3 is 11.9 Å². The Morgan fingerprint density at radius 3 is 2.29 bits per heavy atom. The molecule has 94 valence electrons. The van der Waals surface area contributed by atoms with Crippen molar-refractivity contribution in [2.45, 2.75) is 12.8 Å². The topological polar surface area (TPSA) is 94.9 Å². The van der Waals surface area contributed by atoms with Crippen LogP contribution in [-0.4, -0.2) is 46.0 Å². The molecule has 1 heterocycles. The summed E-state index contributed by atoms with van der Waals surface area (Å²) in [6.07, 6.45) is 1.76. The number of carboxylic acid groups (broad SMARTS) is 2. The third-order valence-corrected chi connectivity index (χ3v) is 2.92. The first kappa shape index (κ1) is 13.2. The molecule has 1 amide bonds. The summed E-state index contributed by atoms with van der Waals surface area (Å²) in [4.78, 5) is 34.8. The van der Waals surface area contributed by atoms with Crippen LogP contribution in [0.1, 0.15) is 12.8 Å². The van der Waals surface area contributed by atoms with Gasteiger partial charge in [-0.1, -0.05) is 6.08 Å². The van der Waals surface area contributed by atoms with Crippen molar-refractivity contribution < 1.29 is 24.6 Å². The number of carbonyl (C=O) groups is 3. The lowest BCUT2D eigenvalue weighted by atomic mass is 9.85. The molecule has 2 unspecified atom stereocenters. The van der Waals surface area contributed by atoms with E-state index in [0.717, 1.165) is 0 Å². The molecule has 6 heteroatoms. The van der Waals surface area contributed by atoms with Gasteiger partial charge < -0.3 is 15.1 Å². The molecule has 0 aliphatic carbocycles. The number of piperidine rings is 1. The predicted octanol–water partition coefficient (Wildman–Crippen LogP) is 0.196. The quantitative estimate of drug-likeness (QED) is 0.685. The van der Waals surface area contributed by atoms with Crippen molar-refractivity contribution in [2.75, 3.05) is 13.1 Å². The minimum atomic E-state index is -1.17. The molecule has 2 N–H and O–H groups in total. The first-order valence-electron chi connectivity index (χ1n) is 5.31. The van der Waals surface area contributed by atoms with E-state index >= 15 is 0 Å². The molecule has 0 saturated carbocycles. The van der Waals surface area contributed by atoms with Crippen molar-refractivity contribution in [3.63, 3.8) is 0 Å². The van der Waals surface area contributed by atoms with E-state index in [9.17, 15) is 14.4 Å². The molecule has 17 heavy (non-hydrogen) atoms. The number of rotatable bonds is 4. The van der Waals surface area contributed by atoms with E-state index in [0.29, 0.717) is 0 Å². The SMILES string of the molecule is C=CCC(=O)N1CCC(C(=O)O)C(C(=O)O)C1. The number of amides is 1. The van der Waals surface area contributed by atoms with E-state index < -0.39 is 23.8 Å². The first-order chi connectivity index (χ1) is 7.97. The van der Waals surface area contributed by atoms with E-state index in [4.69, 9.17) is 10.2 Å². The maximum atomic E-state index is 11.6. The van der Waals surface area contributed by atoms with Crippen molar-refractivity contribution in [3.8, 4) is 0 Å². The highest BCUT2D eigenvalue weighted by atomic mass is 16.4. The van der Waals surface area contributed by atoms with Crippen molar-refractivity contribution in [1.82, 2.24) is 4.90 Å². The highest BCUT2D eigenvalue weighted by Crippen LogP contribution is 2.24. The van der Waals surface area contributed by atoms with Gasteiger partial charge in [0.2, 0.25) is 5.91 Å². The van der Waals surface area contributed by atoms with E-state index in [1.54, 1.807) is 0 Å². The molecule has 0 bridgehead atoms. The van der Waals surface area contributed by atoms with Gasteiger partial charge in [0.25, 0.3) is 0 Å². The second-order valence-corrected chi connectivity index (χ2v) is 4.01. The van der Waals surface area contributed by atoms with E-state index in [2.05, 4.69) is 6.58 Å². The van der Waals surface area contributed by atoms with Gasteiger partial charge in [-0.05, 0) is 6.42 Å². The molecule has 1 fully saturated rings. The van der Waals surface area contributed by atoms with Crippen LogP contribution < -0.4 is 0 Å². The largest absolute Gasteiger partial charge is 0.481 e. The molecule has 0 aromatic rings. The number of carbonyl (C=O) groups excluding carboxylic acids is 1. The molecular formula is C11H15NO5. The standard InChI is InChI=1S/C11H15NO5/c1-2-3-9(13)12-5-4-7(10(14)15)8(6-12)11(16)17/h2,7-8H,1,3-6H2,(H,14,15)(H,16,17). The van der Waals surface area contributed by atoms with Crippen LogP contribution in [-0.2, 0) is 14.4 Å². The number of likely N-dealkylation sites (tertiary alicyclic amines) is 1. The van der Waals surface area contributed by atoms with Gasteiger partial charge in [-0.25, -0.2) is 0 Å². The van der Waals surface area contributed by atoms with Crippen LogP contribution in [0, 0.1) is 11.8 Å². The molecule has 2 atom stereocenters. The van der Waals surface area contributed by atoms with E-state index in [-0.39, 0.29) is 31.8 Å². The smallest absolute Gasteiger partial charge is 0.309 e. The van der Waals surface area contributed by atoms with Gasteiger partial charge in [0, 0.05) is 19.5 Å². The van der Waals surface area contributed by atoms with Gasteiger partial charge in [0.15, 0.2) is 0 Å². The lowest BCUT2D eigenvalue weighted by Crippen LogP contribution is -2.48. The molecule has 1 saturated heterocycles. The molecule has 0 spiro atoms. The lowest BCUT2D eigenvalue weighted by Gasteiger charge is -2.34. The second-order valence-electron chi connectivity index (χ2n) is 4.01. The summed E-state index contributed by atoms with van der Waals surface area (Å²) in [6, 6.07) is 0. The summed E-state index contributed by atoms with van der Waals surface area (Å²) in [6.45, 7) is 3.68. The fourth-order valence-electron chi connectivity index (χ4n) is 1.98. The molecule has 0 aromatic heterocycles. The molecule has 0 radical (unpaired) electrons. The van der Waals surface area contributed by atoms with Crippen LogP contribution in [0.4, 0.5) is 0 Å². The molecule has 0 aromatic carbocycles. The van der Waals surface area contributed by atoms with Crippen LogP contribution >= 0.6 is 0 Å². The van der Waals surface area contributed by atoms with Crippen molar-refractivity contribution in [1.29, 1.82) is 0 Å². The number of nitrogens with zero attached hydrogens (tertiary/aromatic N) is 1. The summed E-state index contributed by atoms with van der Waals surface area (Å²) in [5, 5.41) is 17.9. The minimum absolute atomic E-state index is 0.0427. The highest BCUT2D eigenvalue weighted by Gasteiger charge is 2.39. The lowest BCUT2D eigenvalue weighted by molar-refractivity contribution is -0.159. The van der Waals surface area contributed by atoms with Gasteiger partial charge in [-0.15, -0.1) is 6.58 Å². The first-order valence-corrected chi connectivity index (χ1v) is 5.31. The van der Waals surface area contributed by atoms with Gasteiger partial charge in [0.05, 0.1) is 11.8 Å². The summed E-state index contributed by atoms with van der Waals surface area (Å²) in [5.41, 5.74) is 0. The Labute approximate surface area is 98.5 Å². The third kappa shape index (κ3) is 3.05. The zero-order valence-electron chi connectivity index (χ0n) is 9.33. The summed E-state index contributed by atoms with van der Waals surface area (Å²) < 4.78 is 0. The fraction of sp³-hybridized carbons (Fsp3) is 0.545. The van der Waals surface area contributed by atoms with Gasteiger partial charge in [-0.3, -0.25) is 14.4 Å². The highest BCUT2D eigenvalue weighted by molar-refractivity contribution is 5.83. The van der Waals surface area contributed by atoms with Gasteiger partial charge in [-0.2, -0.15) is 0 Å². The Morgan fingerprint density at radius 1 is 1.24 bits per heavy atom. The molecule has 1 aliphatic heterocycles. The van der Waals surface area contributed by atoms with Crippen LogP contribution in [0.5, 0.6) is 0 Å². The van der Waals surface area contributed by atoms with Crippen molar-refractivity contribution in [3.05, 3.63) is 12.7 Å². The summed E-state index contributed by atoms with van der Waals surface area (Å²) in [5.74, 6) is -4.45. The summed E-state index contributed by atoms with van der Waals surface area (Å²) in [7, 11) is 0. The number of aliphatic carboxylic acids is 2. The number of hydrogen-bond donors (Lipinski definition) is 2. The number of hydrogen-bond acceptors (Lipinski definition) is 3. The Kier molecular flexibility index (Phi) is 4.25. The maximum absolute atomic E-state index is 11.6. The normalized spacial score (nSPS) is 24.1. The Bertz CT molecular complexity index is 352. The Hall–Kier alpha value is -1.85. The predicted molar refractivity (Wildman–Crippen MR) is 58.3 cm³/mol. The third-order valence-electron chi connectivity index (χ3n) is 2.92. The minimum Gasteiger partial charge on any atom is -0.481 e. The summed E-state index contributed by atoms with van der Waals surface area (Å²) >= 11 is 0. The Balaban J connectivity index is 2.75. The van der Waals surface area contributed by atoms with Crippen LogP contribution in [0.2, 0.25) is 0 Å². The van der Waals surface area contributed by atoms with Crippen molar-refractivity contribution in [2.24, 2.45) is 11.8 Å². The van der Waals surface area contributed by atoms with E-state index in [1.165, 1.54) is 11.0 Å². The van der Waals surface area contributed by atoms with Crippen LogP contribution in [0.15, 0.2) is 12.7 Å². The van der Waals surface area contributed by atoms with Crippen molar-refractivity contribution >= 4 is 17.8 Å². The molecule has 6 nitrogen and oxygen atoms in total. The zero-order valence-corrected chi connectivity index (χ0v) is 9.33. The zero-order chi connectivity index (χ0) is 13.0.